The molecule has 0 radical (unpaired) electrons. The van der Waals surface area contributed by atoms with E-state index in [-0.39, 0.29) is 8.46 Å². The van der Waals surface area contributed by atoms with Crippen molar-refractivity contribution in [3.63, 3.8) is 0 Å². The highest BCUT2D eigenvalue weighted by atomic mass is 31.1. The van der Waals surface area contributed by atoms with Crippen LogP contribution < -0.4 is 11.0 Å². The summed E-state index contributed by atoms with van der Waals surface area (Å²) < 4.78 is 10.4. The Morgan fingerprint density at radius 1 is 1.40 bits per heavy atom. The van der Waals surface area contributed by atoms with Crippen molar-refractivity contribution in [2.24, 2.45) is 5.73 Å². The molecule has 0 aliphatic carbocycles. The SMILES string of the molecule is NCc1ccccc1P=O. The van der Waals surface area contributed by atoms with Crippen LogP contribution in [0.15, 0.2) is 24.3 Å². The summed E-state index contributed by atoms with van der Waals surface area (Å²) in [6.45, 7) is 0.450. The number of hydrogen-bond acceptors (Lipinski definition) is 2. The highest BCUT2D eigenvalue weighted by Gasteiger charge is 1.96. The lowest BCUT2D eigenvalue weighted by atomic mass is 10.2. The smallest absolute Gasteiger partial charge is 0.192 e. The van der Waals surface area contributed by atoms with Crippen LogP contribution >= 0.6 is 8.46 Å². The van der Waals surface area contributed by atoms with Crippen LogP contribution in [-0.2, 0) is 11.1 Å². The summed E-state index contributed by atoms with van der Waals surface area (Å²) in [6, 6.07) is 7.41. The second-order valence-electron chi connectivity index (χ2n) is 1.92. The minimum Gasteiger partial charge on any atom is -0.326 e. The molecule has 0 saturated carbocycles. The molecule has 1 aromatic carbocycles. The summed E-state index contributed by atoms with van der Waals surface area (Å²) in [5, 5.41) is 0.782. The van der Waals surface area contributed by atoms with Gasteiger partial charge < -0.3 is 5.73 Å². The molecule has 0 atom stereocenters. The van der Waals surface area contributed by atoms with Gasteiger partial charge in [0, 0.05) is 11.8 Å². The molecule has 0 saturated heterocycles. The fraction of sp³-hybridized carbons (Fsp3) is 0.143. The molecule has 0 aromatic heterocycles. The topological polar surface area (TPSA) is 43.1 Å². The van der Waals surface area contributed by atoms with Crippen molar-refractivity contribution in [1.82, 2.24) is 0 Å². The van der Waals surface area contributed by atoms with Gasteiger partial charge in [-0.05, 0) is 11.6 Å². The Bertz CT molecular complexity index is 237. The first-order valence-corrected chi connectivity index (χ1v) is 3.81. The molecule has 0 unspecified atom stereocenters. The van der Waals surface area contributed by atoms with Crippen LogP contribution in [0.4, 0.5) is 0 Å². The fourth-order valence-corrected chi connectivity index (χ4v) is 1.20. The van der Waals surface area contributed by atoms with Crippen molar-refractivity contribution < 1.29 is 4.57 Å². The Hall–Kier alpha value is -0.720. The van der Waals surface area contributed by atoms with Gasteiger partial charge in [-0.1, -0.05) is 18.2 Å². The molecular weight excluding hydrogens is 145 g/mol. The van der Waals surface area contributed by atoms with Gasteiger partial charge >= 0.3 is 0 Å². The molecule has 0 heterocycles. The first-order valence-electron chi connectivity index (χ1n) is 3.00. The molecule has 0 spiro atoms. The van der Waals surface area contributed by atoms with E-state index >= 15 is 0 Å². The maximum atomic E-state index is 10.4. The predicted octanol–water partition coefficient (Wildman–Crippen LogP) is 1.06. The van der Waals surface area contributed by atoms with Gasteiger partial charge in [0.25, 0.3) is 0 Å². The van der Waals surface area contributed by atoms with Crippen LogP contribution in [-0.4, -0.2) is 0 Å². The molecule has 3 heteroatoms. The molecular formula is C7H8NOP. The van der Waals surface area contributed by atoms with E-state index in [0.717, 1.165) is 10.9 Å². The minimum atomic E-state index is 0.0478. The summed E-state index contributed by atoms with van der Waals surface area (Å²) in [5.41, 5.74) is 6.33. The van der Waals surface area contributed by atoms with Crippen molar-refractivity contribution in [3.05, 3.63) is 29.8 Å². The average molecular weight is 153 g/mol. The maximum absolute atomic E-state index is 10.4. The van der Waals surface area contributed by atoms with Gasteiger partial charge in [0.15, 0.2) is 8.46 Å². The van der Waals surface area contributed by atoms with Gasteiger partial charge in [-0.3, -0.25) is 4.57 Å². The number of hydrogen-bond donors (Lipinski definition) is 1. The number of rotatable bonds is 2. The Balaban J connectivity index is 3.08. The molecule has 1 rings (SSSR count). The van der Waals surface area contributed by atoms with Gasteiger partial charge in [0.1, 0.15) is 0 Å². The van der Waals surface area contributed by atoms with Gasteiger partial charge in [-0.2, -0.15) is 0 Å². The molecule has 52 valence electrons. The monoisotopic (exact) mass is 153 g/mol. The third-order valence-corrected chi connectivity index (χ3v) is 1.94. The maximum Gasteiger partial charge on any atom is 0.192 e. The predicted molar refractivity (Wildman–Crippen MR) is 41.6 cm³/mol. The Kier molecular flexibility index (Phi) is 2.55. The third kappa shape index (κ3) is 1.41. The molecule has 0 fully saturated rings. The Morgan fingerprint density at radius 3 is 2.60 bits per heavy atom. The van der Waals surface area contributed by atoms with Crippen LogP contribution in [0, 0.1) is 0 Å². The number of benzene rings is 1. The minimum absolute atomic E-state index is 0.0478. The molecule has 10 heavy (non-hydrogen) atoms. The van der Waals surface area contributed by atoms with Gasteiger partial charge in [-0.25, -0.2) is 0 Å². The highest BCUT2D eigenvalue weighted by Crippen LogP contribution is 2.01. The standard InChI is InChI=1S/C7H8NOP/c8-5-6-3-1-2-4-7(6)10-9/h1-4H,5,8H2. The van der Waals surface area contributed by atoms with Crippen LogP contribution in [0.3, 0.4) is 0 Å². The van der Waals surface area contributed by atoms with Gasteiger partial charge in [0.05, 0.1) is 0 Å². The second kappa shape index (κ2) is 3.45. The molecule has 0 aliphatic heterocycles. The van der Waals surface area contributed by atoms with Crippen molar-refractivity contribution in [3.8, 4) is 0 Å². The van der Waals surface area contributed by atoms with E-state index in [9.17, 15) is 4.57 Å². The van der Waals surface area contributed by atoms with Crippen molar-refractivity contribution in [2.75, 3.05) is 0 Å². The van der Waals surface area contributed by atoms with Crippen molar-refractivity contribution in [2.45, 2.75) is 6.54 Å². The van der Waals surface area contributed by atoms with Crippen LogP contribution in [0.2, 0.25) is 0 Å². The summed E-state index contributed by atoms with van der Waals surface area (Å²) in [4.78, 5) is 0. The summed E-state index contributed by atoms with van der Waals surface area (Å²) in [5.74, 6) is 0. The second-order valence-corrected chi connectivity index (χ2v) is 2.59. The normalized spacial score (nSPS) is 10.1. The van der Waals surface area contributed by atoms with E-state index in [1.54, 1.807) is 6.07 Å². The van der Waals surface area contributed by atoms with E-state index in [0.29, 0.717) is 6.54 Å². The van der Waals surface area contributed by atoms with Crippen molar-refractivity contribution in [1.29, 1.82) is 0 Å². The Labute approximate surface area is 61.3 Å². The molecule has 2 N–H and O–H groups in total. The number of nitrogens with two attached hydrogens (primary N) is 1. The van der Waals surface area contributed by atoms with E-state index in [1.165, 1.54) is 0 Å². The van der Waals surface area contributed by atoms with Gasteiger partial charge in [0.2, 0.25) is 0 Å². The van der Waals surface area contributed by atoms with Crippen LogP contribution in [0.1, 0.15) is 5.56 Å². The molecule has 1 aromatic rings. The summed E-state index contributed by atoms with van der Waals surface area (Å²) in [6.07, 6.45) is 0. The molecule has 0 bridgehead atoms. The van der Waals surface area contributed by atoms with Gasteiger partial charge in [-0.15, -0.1) is 0 Å². The first kappa shape index (κ1) is 7.39. The highest BCUT2D eigenvalue weighted by molar-refractivity contribution is 7.34. The van der Waals surface area contributed by atoms with Crippen molar-refractivity contribution >= 4 is 13.8 Å². The van der Waals surface area contributed by atoms with E-state index in [2.05, 4.69) is 0 Å². The van der Waals surface area contributed by atoms with E-state index in [1.807, 2.05) is 18.2 Å². The third-order valence-electron chi connectivity index (χ3n) is 1.31. The average Bonchev–Trinajstić information content (AvgIpc) is 2.04. The summed E-state index contributed by atoms with van der Waals surface area (Å²) in [7, 11) is 0.0478. The van der Waals surface area contributed by atoms with Crippen LogP contribution in [0.5, 0.6) is 0 Å². The zero-order valence-electron chi connectivity index (χ0n) is 5.45. The zero-order chi connectivity index (χ0) is 7.40. The molecule has 0 amide bonds. The zero-order valence-corrected chi connectivity index (χ0v) is 6.34. The lowest BCUT2D eigenvalue weighted by molar-refractivity contribution is 0.603. The summed E-state index contributed by atoms with van der Waals surface area (Å²) >= 11 is 0. The first-order chi connectivity index (χ1) is 4.88. The lowest BCUT2D eigenvalue weighted by Crippen LogP contribution is -2.06. The Morgan fingerprint density at radius 2 is 2.10 bits per heavy atom. The fourth-order valence-electron chi connectivity index (χ4n) is 0.772. The van der Waals surface area contributed by atoms with E-state index in [4.69, 9.17) is 5.73 Å². The lowest BCUT2D eigenvalue weighted by Gasteiger charge is -1.96. The largest absolute Gasteiger partial charge is 0.326 e. The molecule has 2 nitrogen and oxygen atoms in total. The molecule has 0 aliphatic rings. The quantitative estimate of drug-likeness (QED) is 0.645. The van der Waals surface area contributed by atoms with E-state index < -0.39 is 0 Å². The van der Waals surface area contributed by atoms with Crippen LogP contribution in [0.25, 0.3) is 0 Å².